The minimum Gasteiger partial charge on any atom is -0.378 e. The minimum atomic E-state index is -0.116. The Morgan fingerprint density at radius 1 is 1.00 bits per heavy atom. The van der Waals surface area contributed by atoms with Gasteiger partial charge in [-0.1, -0.05) is 12.1 Å². The minimum absolute atomic E-state index is 0.116. The molecule has 144 valence electrons. The summed E-state index contributed by atoms with van der Waals surface area (Å²) in [6, 6.07) is 15.9. The second-order valence-electron chi connectivity index (χ2n) is 6.75. The van der Waals surface area contributed by atoms with Gasteiger partial charge in [0.1, 0.15) is 0 Å². The van der Waals surface area contributed by atoms with E-state index in [1.54, 1.807) is 17.3 Å². The molecule has 0 saturated carbocycles. The van der Waals surface area contributed by atoms with Crippen LogP contribution >= 0.6 is 0 Å². The average molecular weight is 375 g/mol. The molecule has 1 N–H and O–H groups in total. The fraction of sp³-hybridized carbons (Fsp3) is 0.227. The molecular weight excluding hydrogens is 350 g/mol. The van der Waals surface area contributed by atoms with Crippen LogP contribution in [0, 0.1) is 6.92 Å². The number of benzene rings is 2. The van der Waals surface area contributed by atoms with Crippen LogP contribution < -0.4 is 15.1 Å². The zero-order valence-electron chi connectivity index (χ0n) is 16.7. The van der Waals surface area contributed by atoms with Crippen molar-refractivity contribution < 1.29 is 4.79 Å². The Morgan fingerprint density at radius 3 is 2.25 bits per heavy atom. The van der Waals surface area contributed by atoms with Gasteiger partial charge in [0.25, 0.3) is 5.91 Å². The molecule has 0 aliphatic heterocycles. The lowest BCUT2D eigenvalue weighted by molar-refractivity contribution is 0.0987. The van der Waals surface area contributed by atoms with Gasteiger partial charge in [-0.15, -0.1) is 0 Å². The number of carbonyl (C=O) groups is 1. The van der Waals surface area contributed by atoms with Gasteiger partial charge in [0.05, 0.1) is 5.56 Å². The number of nitrogens with one attached hydrogen (secondary N) is 1. The maximum Gasteiger partial charge on any atom is 0.261 e. The van der Waals surface area contributed by atoms with Crippen LogP contribution in [0.15, 0.2) is 60.9 Å². The van der Waals surface area contributed by atoms with E-state index in [1.807, 2.05) is 81.4 Å². The molecule has 0 unspecified atom stereocenters. The highest BCUT2D eigenvalue weighted by Crippen LogP contribution is 2.20. The first kappa shape index (κ1) is 19.4. The van der Waals surface area contributed by atoms with Crippen molar-refractivity contribution in [2.45, 2.75) is 13.8 Å². The maximum absolute atomic E-state index is 12.9. The molecule has 2 aromatic carbocycles. The lowest BCUT2D eigenvalue weighted by atomic mass is 10.2. The zero-order valence-corrected chi connectivity index (χ0v) is 16.7. The Balaban J connectivity index is 1.73. The number of hydrogen-bond donors (Lipinski definition) is 1. The fourth-order valence-electron chi connectivity index (χ4n) is 2.87. The molecule has 0 aliphatic rings. The van der Waals surface area contributed by atoms with E-state index in [4.69, 9.17) is 0 Å². The second-order valence-corrected chi connectivity index (χ2v) is 6.75. The van der Waals surface area contributed by atoms with Gasteiger partial charge in [-0.3, -0.25) is 4.79 Å². The zero-order chi connectivity index (χ0) is 20.1. The molecule has 0 atom stereocenters. The van der Waals surface area contributed by atoms with Crippen molar-refractivity contribution in [3.8, 4) is 0 Å². The van der Waals surface area contributed by atoms with Gasteiger partial charge in [-0.05, 0) is 55.8 Å². The molecule has 1 heterocycles. The number of rotatable bonds is 6. The van der Waals surface area contributed by atoms with Gasteiger partial charge in [-0.25, -0.2) is 9.97 Å². The fourth-order valence-corrected chi connectivity index (χ4v) is 2.87. The van der Waals surface area contributed by atoms with E-state index in [2.05, 4.69) is 15.3 Å². The standard InChI is InChI=1S/C22H25N5O/c1-5-27(20-8-6-7-16(2)13-20)21(28)17-14-23-22(24-15-17)25-18-9-11-19(12-10-18)26(3)4/h6-15H,5H2,1-4H3,(H,23,24,25). The van der Waals surface area contributed by atoms with Crippen molar-refractivity contribution in [1.82, 2.24) is 9.97 Å². The van der Waals surface area contributed by atoms with Crippen molar-refractivity contribution >= 4 is 28.9 Å². The van der Waals surface area contributed by atoms with E-state index in [9.17, 15) is 4.79 Å². The maximum atomic E-state index is 12.9. The molecule has 0 saturated heterocycles. The van der Waals surface area contributed by atoms with Crippen LogP contribution in [-0.4, -0.2) is 36.5 Å². The van der Waals surface area contributed by atoms with Crippen LogP contribution in [0.5, 0.6) is 0 Å². The summed E-state index contributed by atoms with van der Waals surface area (Å²) in [5.74, 6) is 0.336. The van der Waals surface area contributed by atoms with Crippen LogP contribution in [0.3, 0.4) is 0 Å². The number of carbonyl (C=O) groups excluding carboxylic acids is 1. The number of amides is 1. The molecule has 0 radical (unpaired) electrons. The monoisotopic (exact) mass is 375 g/mol. The van der Waals surface area contributed by atoms with E-state index < -0.39 is 0 Å². The molecular formula is C22H25N5O. The topological polar surface area (TPSA) is 61.4 Å². The first-order valence-corrected chi connectivity index (χ1v) is 9.23. The Bertz CT molecular complexity index is 936. The largest absolute Gasteiger partial charge is 0.378 e. The molecule has 6 heteroatoms. The number of aryl methyl sites for hydroxylation is 1. The molecule has 6 nitrogen and oxygen atoms in total. The molecule has 0 spiro atoms. The van der Waals surface area contributed by atoms with Crippen LogP contribution in [0.25, 0.3) is 0 Å². The van der Waals surface area contributed by atoms with Crippen molar-refractivity contribution in [2.75, 3.05) is 35.8 Å². The predicted octanol–water partition coefficient (Wildman–Crippen LogP) is 4.26. The molecule has 1 aromatic heterocycles. The van der Waals surface area contributed by atoms with Gasteiger partial charge in [0.15, 0.2) is 0 Å². The first-order chi connectivity index (χ1) is 13.5. The summed E-state index contributed by atoms with van der Waals surface area (Å²) in [4.78, 5) is 25.2. The van der Waals surface area contributed by atoms with Gasteiger partial charge < -0.3 is 15.1 Å². The van der Waals surface area contributed by atoms with Gasteiger partial charge in [0, 0.05) is 50.1 Å². The summed E-state index contributed by atoms with van der Waals surface area (Å²) in [7, 11) is 4.00. The number of hydrogen-bond acceptors (Lipinski definition) is 5. The Morgan fingerprint density at radius 2 is 1.68 bits per heavy atom. The molecule has 0 fully saturated rings. The van der Waals surface area contributed by atoms with E-state index in [0.29, 0.717) is 18.1 Å². The normalized spacial score (nSPS) is 10.4. The summed E-state index contributed by atoms with van der Waals surface area (Å²) in [6.45, 7) is 4.53. The molecule has 0 aliphatic carbocycles. The van der Waals surface area contributed by atoms with E-state index >= 15 is 0 Å². The van der Waals surface area contributed by atoms with E-state index in [0.717, 1.165) is 22.6 Å². The third kappa shape index (κ3) is 4.46. The molecule has 0 bridgehead atoms. The van der Waals surface area contributed by atoms with Crippen LogP contribution in [0.1, 0.15) is 22.8 Å². The third-order valence-electron chi connectivity index (χ3n) is 4.41. The lowest BCUT2D eigenvalue weighted by Gasteiger charge is -2.21. The smallest absolute Gasteiger partial charge is 0.261 e. The molecule has 3 rings (SSSR count). The quantitative estimate of drug-likeness (QED) is 0.697. The second kappa shape index (κ2) is 8.52. The highest BCUT2D eigenvalue weighted by atomic mass is 16.2. The Hall–Kier alpha value is -3.41. The highest BCUT2D eigenvalue weighted by Gasteiger charge is 2.17. The Kier molecular flexibility index (Phi) is 5.89. The molecule has 1 amide bonds. The van der Waals surface area contributed by atoms with Crippen LogP contribution in [0.2, 0.25) is 0 Å². The first-order valence-electron chi connectivity index (χ1n) is 9.23. The number of anilines is 4. The van der Waals surface area contributed by atoms with Gasteiger partial charge >= 0.3 is 0 Å². The highest BCUT2D eigenvalue weighted by molar-refractivity contribution is 6.05. The molecule has 3 aromatic rings. The lowest BCUT2D eigenvalue weighted by Crippen LogP contribution is -2.30. The van der Waals surface area contributed by atoms with Crippen molar-refractivity contribution in [3.05, 3.63) is 72.1 Å². The summed E-state index contributed by atoms with van der Waals surface area (Å²) >= 11 is 0. The molecule has 28 heavy (non-hydrogen) atoms. The van der Waals surface area contributed by atoms with Crippen molar-refractivity contribution in [3.63, 3.8) is 0 Å². The average Bonchev–Trinajstić information content (AvgIpc) is 2.69. The van der Waals surface area contributed by atoms with Gasteiger partial charge in [-0.2, -0.15) is 0 Å². The van der Waals surface area contributed by atoms with Crippen LogP contribution in [-0.2, 0) is 0 Å². The summed E-state index contributed by atoms with van der Waals surface area (Å²) in [6.07, 6.45) is 3.12. The summed E-state index contributed by atoms with van der Waals surface area (Å²) < 4.78 is 0. The third-order valence-corrected chi connectivity index (χ3v) is 4.41. The van der Waals surface area contributed by atoms with Crippen molar-refractivity contribution in [1.29, 1.82) is 0 Å². The number of aromatic nitrogens is 2. The summed E-state index contributed by atoms with van der Waals surface area (Å²) in [5, 5.41) is 3.15. The SMILES string of the molecule is CCN(C(=O)c1cnc(Nc2ccc(N(C)C)cc2)nc1)c1cccc(C)c1. The van der Waals surface area contributed by atoms with Crippen molar-refractivity contribution in [2.24, 2.45) is 0 Å². The summed E-state index contributed by atoms with van der Waals surface area (Å²) in [5.41, 5.74) is 4.44. The number of nitrogens with zero attached hydrogens (tertiary/aromatic N) is 4. The van der Waals surface area contributed by atoms with Crippen LogP contribution in [0.4, 0.5) is 23.0 Å². The predicted molar refractivity (Wildman–Crippen MR) is 115 cm³/mol. The van der Waals surface area contributed by atoms with Gasteiger partial charge in [0.2, 0.25) is 5.95 Å². The van der Waals surface area contributed by atoms with E-state index in [-0.39, 0.29) is 5.91 Å². The van der Waals surface area contributed by atoms with E-state index in [1.165, 1.54) is 0 Å². The Labute approximate surface area is 165 Å².